The molecule has 0 atom stereocenters. The minimum absolute atomic E-state index is 0.175. The van der Waals surface area contributed by atoms with Crippen molar-refractivity contribution in [2.75, 3.05) is 13.0 Å². The van der Waals surface area contributed by atoms with Crippen LogP contribution in [0.4, 0.5) is 0 Å². The number of halogens is 1. The van der Waals surface area contributed by atoms with E-state index in [0.717, 1.165) is 30.6 Å². The summed E-state index contributed by atoms with van der Waals surface area (Å²) in [7, 11) is 1.60. The molecule has 1 aromatic carbocycles. The summed E-state index contributed by atoms with van der Waals surface area (Å²) in [6.45, 7) is 0. The zero-order chi connectivity index (χ0) is 11.8. The summed E-state index contributed by atoms with van der Waals surface area (Å²) in [4.78, 5) is 11.8. The highest BCUT2D eigenvalue weighted by Crippen LogP contribution is 2.15. The van der Waals surface area contributed by atoms with Gasteiger partial charge in [-0.15, -0.1) is 11.6 Å². The number of ketones is 1. The molecule has 0 aromatic heterocycles. The van der Waals surface area contributed by atoms with Gasteiger partial charge in [-0.05, 0) is 25.0 Å². The van der Waals surface area contributed by atoms with Crippen LogP contribution in [0, 0.1) is 0 Å². The van der Waals surface area contributed by atoms with Crippen LogP contribution in [0.2, 0.25) is 0 Å². The highest BCUT2D eigenvalue weighted by atomic mass is 35.5. The van der Waals surface area contributed by atoms with Gasteiger partial charge in [0, 0.05) is 17.9 Å². The van der Waals surface area contributed by atoms with Crippen molar-refractivity contribution in [2.24, 2.45) is 0 Å². The van der Waals surface area contributed by atoms with Crippen LogP contribution in [0.25, 0.3) is 0 Å². The van der Waals surface area contributed by atoms with E-state index in [9.17, 15) is 4.79 Å². The molecule has 2 nitrogen and oxygen atoms in total. The maximum absolute atomic E-state index is 11.8. The highest BCUT2D eigenvalue weighted by Gasteiger charge is 2.06. The molecule has 0 saturated carbocycles. The number of Topliss-reactive ketones (excluding diaryl/α,β-unsaturated/α-hetero) is 1. The number of unbranched alkanes of at least 4 members (excludes halogenated alkanes) is 2. The molecule has 0 N–H and O–H groups in total. The van der Waals surface area contributed by atoms with E-state index in [4.69, 9.17) is 16.3 Å². The quantitative estimate of drug-likeness (QED) is 0.413. The first-order chi connectivity index (χ1) is 7.77. The van der Waals surface area contributed by atoms with Gasteiger partial charge in [-0.2, -0.15) is 0 Å². The first kappa shape index (κ1) is 13.0. The molecule has 0 aliphatic carbocycles. The van der Waals surface area contributed by atoms with Crippen molar-refractivity contribution in [3.8, 4) is 5.75 Å². The largest absolute Gasteiger partial charge is 0.497 e. The smallest absolute Gasteiger partial charge is 0.163 e. The van der Waals surface area contributed by atoms with Gasteiger partial charge in [0.15, 0.2) is 5.78 Å². The molecular formula is C13H17ClO2. The zero-order valence-corrected chi connectivity index (χ0v) is 10.3. The fraction of sp³-hybridized carbons (Fsp3) is 0.462. The van der Waals surface area contributed by atoms with Gasteiger partial charge in [0.2, 0.25) is 0 Å². The fourth-order valence-corrected chi connectivity index (χ4v) is 1.69. The van der Waals surface area contributed by atoms with Gasteiger partial charge in [0.05, 0.1) is 7.11 Å². The van der Waals surface area contributed by atoms with Crippen LogP contribution in [0.3, 0.4) is 0 Å². The predicted octanol–water partition coefficient (Wildman–Crippen LogP) is 3.68. The van der Waals surface area contributed by atoms with Crippen LogP contribution in [0.15, 0.2) is 24.3 Å². The highest BCUT2D eigenvalue weighted by molar-refractivity contribution is 6.17. The zero-order valence-electron chi connectivity index (χ0n) is 9.54. The summed E-state index contributed by atoms with van der Waals surface area (Å²) in [5, 5.41) is 0. The number of hydrogen-bond donors (Lipinski definition) is 0. The summed E-state index contributed by atoms with van der Waals surface area (Å²) < 4.78 is 5.08. The van der Waals surface area contributed by atoms with Crippen molar-refractivity contribution in [3.63, 3.8) is 0 Å². The number of carbonyl (C=O) groups is 1. The van der Waals surface area contributed by atoms with Crippen LogP contribution >= 0.6 is 11.6 Å². The number of benzene rings is 1. The lowest BCUT2D eigenvalue weighted by molar-refractivity contribution is 0.0979. The standard InChI is InChI=1S/C13H17ClO2/c1-16-12-7-5-6-11(10-12)13(15)8-3-2-4-9-14/h5-7,10H,2-4,8-9H2,1H3. The van der Waals surface area contributed by atoms with Crippen LogP contribution in [0.5, 0.6) is 5.75 Å². The molecular weight excluding hydrogens is 224 g/mol. The average Bonchev–Trinajstić information content (AvgIpc) is 2.34. The monoisotopic (exact) mass is 240 g/mol. The van der Waals surface area contributed by atoms with E-state index in [-0.39, 0.29) is 5.78 Å². The Balaban J connectivity index is 2.46. The van der Waals surface area contributed by atoms with Crippen molar-refractivity contribution < 1.29 is 9.53 Å². The van der Waals surface area contributed by atoms with Gasteiger partial charge in [0.1, 0.15) is 5.75 Å². The number of rotatable bonds is 7. The third-order valence-corrected chi connectivity index (χ3v) is 2.70. The molecule has 0 amide bonds. The molecule has 1 aromatic rings. The first-order valence-corrected chi connectivity index (χ1v) is 6.04. The van der Waals surface area contributed by atoms with Crippen LogP contribution in [-0.4, -0.2) is 18.8 Å². The van der Waals surface area contributed by atoms with Crippen molar-refractivity contribution in [1.29, 1.82) is 0 Å². The third-order valence-electron chi connectivity index (χ3n) is 2.43. The van der Waals surface area contributed by atoms with E-state index in [1.807, 2.05) is 18.2 Å². The fourth-order valence-electron chi connectivity index (χ4n) is 1.50. The molecule has 0 bridgehead atoms. The molecule has 0 aliphatic heterocycles. The molecule has 0 fully saturated rings. The predicted molar refractivity (Wildman–Crippen MR) is 66.5 cm³/mol. The average molecular weight is 241 g/mol. The second kappa shape index (κ2) is 7.29. The Morgan fingerprint density at radius 2 is 2.12 bits per heavy atom. The minimum atomic E-state index is 0.175. The molecule has 0 saturated heterocycles. The van der Waals surface area contributed by atoms with Gasteiger partial charge < -0.3 is 4.74 Å². The van der Waals surface area contributed by atoms with Gasteiger partial charge in [0.25, 0.3) is 0 Å². The summed E-state index contributed by atoms with van der Waals surface area (Å²) >= 11 is 5.57. The number of alkyl halides is 1. The van der Waals surface area contributed by atoms with E-state index in [2.05, 4.69) is 0 Å². The number of ether oxygens (including phenoxy) is 1. The molecule has 0 unspecified atom stereocenters. The number of methoxy groups -OCH3 is 1. The summed E-state index contributed by atoms with van der Waals surface area (Å²) in [5.41, 5.74) is 0.727. The van der Waals surface area contributed by atoms with Gasteiger partial charge in [-0.25, -0.2) is 0 Å². The van der Waals surface area contributed by atoms with Crippen molar-refractivity contribution >= 4 is 17.4 Å². The summed E-state index contributed by atoms with van der Waals surface area (Å²) in [5.74, 6) is 1.58. The normalized spacial score (nSPS) is 10.1. The van der Waals surface area contributed by atoms with E-state index in [0.29, 0.717) is 12.3 Å². The van der Waals surface area contributed by atoms with Gasteiger partial charge >= 0.3 is 0 Å². The van der Waals surface area contributed by atoms with Crippen molar-refractivity contribution in [3.05, 3.63) is 29.8 Å². The summed E-state index contributed by atoms with van der Waals surface area (Å²) in [6.07, 6.45) is 3.49. The topological polar surface area (TPSA) is 26.3 Å². The second-order valence-electron chi connectivity index (χ2n) is 3.65. The molecule has 16 heavy (non-hydrogen) atoms. The Morgan fingerprint density at radius 3 is 2.81 bits per heavy atom. The molecule has 0 aliphatic rings. The van der Waals surface area contributed by atoms with Crippen molar-refractivity contribution in [2.45, 2.75) is 25.7 Å². The maximum Gasteiger partial charge on any atom is 0.163 e. The molecule has 0 heterocycles. The Labute approximate surface area is 102 Å². The maximum atomic E-state index is 11.8. The second-order valence-corrected chi connectivity index (χ2v) is 4.03. The summed E-state index contributed by atoms with van der Waals surface area (Å²) in [6, 6.07) is 7.28. The molecule has 1 rings (SSSR count). The van der Waals surface area contributed by atoms with Gasteiger partial charge in [-0.3, -0.25) is 4.79 Å². The lowest BCUT2D eigenvalue weighted by atomic mass is 10.0. The van der Waals surface area contributed by atoms with E-state index in [1.54, 1.807) is 13.2 Å². The van der Waals surface area contributed by atoms with Crippen LogP contribution < -0.4 is 4.74 Å². The van der Waals surface area contributed by atoms with E-state index < -0.39 is 0 Å². The Kier molecular flexibility index (Phi) is 5.94. The lowest BCUT2D eigenvalue weighted by Crippen LogP contribution is -1.99. The van der Waals surface area contributed by atoms with E-state index in [1.165, 1.54) is 0 Å². The lowest BCUT2D eigenvalue weighted by Gasteiger charge is -2.03. The van der Waals surface area contributed by atoms with E-state index >= 15 is 0 Å². The Hall–Kier alpha value is -1.02. The Morgan fingerprint density at radius 1 is 1.31 bits per heavy atom. The van der Waals surface area contributed by atoms with Gasteiger partial charge in [-0.1, -0.05) is 18.6 Å². The Bertz CT molecular complexity index is 336. The number of hydrogen-bond acceptors (Lipinski definition) is 2. The minimum Gasteiger partial charge on any atom is -0.497 e. The van der Waals surface area contributed by atoms with Crippen molar-refractivity contribution in [1.82, 2.24) is 0 Å². The third kappa shape index (κ3) is 4.23. The number of carbonyl (C=O) groups excluding carboxylic acids is 1. The molecule has 0 radical (unpaired) electrons. The SMILES string of the molecule is COc1cccc(C(=O)CCCCCCl)c1. The van der Waals surface area contributed by atoms with Crippen LogP contribution in [0.1, 0.15) is 36.0 Å². The molecule has 88 valence electrons. The van der Waals surface area contributed by atoms with Crippen LogP contribution in [-0.2, 0) is 0 Å². The molecule has 3 heteroatoms. The molecule has 0 spiro atoms. The first-order valence-electron chi connectivity index (χ1n) is 5.51.